The SMILES string of the molecule is CN(C)c1ccc(NC(=O)N2CCN(C(=O)C3CCCCC3)CC2)cn1. The first-order chi connectivity index (χ1) is 12.5. The number of aromatic nitrogens is 1. The van der Waals surface area contributed by atoms with Gasteiger partial charge < -0.3 is 20.0 Å². The summed E-state index contributed by atoms with van der Waals surface area (Å²) in [4.78, 5) is 35.0. The number of hydrogen-bond donors (Lipinski definition) is 1. The van der Waals surface area contributed by atoms with Crippen molar-refractivity contribution in [3.05, 3.63) is 18.3 Å². The average Bonchev–Trinajstić information content (AvgIpc) is 2.68. The summed E-state index contributed by atoms with van der Waals surface area (Å²) in [6.07, 6.45) is 7.29. The highest BCUT2D eigenvalue weighted by molar-refractivity contribution is 5.89. The predicted octanol–water partition coefficient (Wildman–Crippen LogP) is 2.40. The van der Waals surface area contributed by atoms with E-state index in [0.717, 1.165) is 18.7 Å². The first kappa shape index (κ1) is 18.5. The molecule has 1 saturated heterocycles. The van der Waals surface area contributed by atoms with E-state index >= 15 is 0 Å². The fourth-order valence-corrected chi connectivity index (χ4v) is 3.66. The number of anilines is 2. The van der Waals surface area contributed by atoms with E-state index in [9.17, 15) is 9.59 Å². The molecular weight excluding hydrogens is 330 g/mol. The highest BCUT2D eigenvalue weighted by Crippen LogP contribution is 2.26. The van der Waals surface area contributed by atoms with Crippen LogP contribution in [-0.2, 0) is 4.79 Å². The molecule has 0 unspecified atom stereocenters. The van der Waals surface area contributed by atoms with Crippen molar-refractivity contribution in [3.8, 4) is 0 Å². The largest absolute Gasteiger partial charge is 0.363 e. The van der Waals surface area contributed by atoms with Gasteiger partial charge in [-0.25, -0.2) is 9.78 Å². The third-order valence-electron chi connectivity index (χ3n) is 5.29. The van der Waals surface area contributed by atoms with Crippen molar-refractivity contribution in [1.82, 2.24) is 14.8 Å². The van der Waals surface area contributed by atoms with Crippen LogP contribution in [0.5, 0.6) is 0 Å². The topological polar surface area (TPSA) is 68.8 Å². The van der Waals surface area contributed by atoms with Gasteiger partial charge in [0, 0.05) is 46.2 Å². The highest BCUT2D eigenvalue weighted by atomic mass is 16.2. The third-order valence-corrected chi connectivity index (χ3v) is 5.29. The maximum Gasteiger partial charge on any atom is 0.322 e. The Morgan fingerprint density at radius 1 is 1.04 bits per heavy atom. The van der Waals surface area contributed by atoms with E-state index in [0.29, 0.717) is 31.9 Å². The lowest BCUT2D eigenvalue weighted by molar-refractivity contribution is -0.138. The van der Waals surface area contributed by atoms with Gasteiger partial charge in [0.1, 0.15) is 5.82 Å². The van der Waals surface area contributed by atoms with Gasteiger partial charge in [0.2, 0.25) is 5.91 Å². The number of piperazine rings is 1. The van der Waals surface area contributed by atoms with Crippen molar-refractivity contribution in [3.63, 3.8) is 0 Å². The second-order valence-electron chi connectivity index (χ2n) is 7.38. The van der Waals surface area contributed by atoms with Crippen molar-refractivity contribution in [1.29, 1.82) is 0 Å². The lowest BCUT2D eigenvalue weighted by atomic mass is 9.88. The van der Waals surface area contributed by atoms with Gasteiger partial charge in [0.05, 0.1) is 11.9 Å². The fourth-order valence-electron chi connectivity index (χ4n) is 3.66. The van der Waals surface area contributed by atoms with Crippen LogP contribution in [0.3, 0.4) is 0 Å². The van der Waals surface area contributed by atoms with E-state index in [-0.39, 0.29) is 17.9 Å². The molecule has 0 bridgehead atoms. The molecule has 1 aliphatic carbocycles. The lowest BCUT2D eigenvalue weighted by Crippen LogP contribution is -2.53. The maximum atomic E-state index is 12.6. The number of amides is 3. The number of urea groups is 1. The summed E-state index contributed by atoms with van der Waals surface area (Å²) in [6.45, 7) is 2.40. The summed E-state index contributed by atoms with van der Waals surface area (Å²) in [6, 6.07) is 3.59. The summed E-state index contributed by atoms with van der Waals surface area (Å²) in [7, 11) is 3.85. The second kappa shape index (κ2) is 8.38. The Hall–Kier alpha value is -2.31. The van der Waals surface area contributed by atoms with Crippen LogP contribution < -0.4 is 10.2 Å². The van der Waals surface area contributed by atoms with Crippen LogP contribution in [-0.4, -0.2) is 67.0 Å². The molecule has 2 aliphatic rings. The van der Waals surface area contributed by atoms with E-state index in [1.807, 2.05) is 36.0 Å². The van der Waals surface area contributed by atoms with E-state index in [1.165, 1.54) is 19.3 Å². The molecule has 1 N–H and O–H groups in total. The van der Waals surface area contributed by atoms with Crippen molar-refractivity contribution >= 4 is 23.4 Å². The van der Waals surface area contributed by atoms with E-state index in [4.69, 9.17) is 0 Å². The number of hydrogen-bond acceptors (Lipinski definition) is 4. The maximum absolute atomic E-state index is 12.6. The monoisotopic (exact) mass is 359 g/mol. The molecule has 1 aromatic rings. The van der Waals surface area contributed by atoms with Gasteiger partial charge in [-0.2, -0.15) is 0 Å². The fraction of sp³-hybridized carbons (Fsp3) is 0.632. The van der Waals surface area contributed by atoms with Crippen LogP contribution in [0.25, 0.3) is 0 Å². The Balaban J connectivity index is 1.48. The Bertz CT molecular complexity index is 617. The van der Waals surface area contributed by atoms with Crippen molar-refractivity contribution in [2.75, 3.05) is 50.5 Å². The molecule has 7 nitrogen and oxygen atoms in total. The van der Waals surface area contributed by atoms with Gasteiger partial charge in [-0.05, 0) is 25.0 Å². The summed E-state index contributed by atoms with van der Waals surface area (Å²) in [5.41, 5.74) is 0.682. The summed E-state index contributed by atoms with van der Waals surface area (Å²) >= 11 is 0. The highest BCUT2D eigenvalue weighted by Gasteiger charge is 2.29. The summed E-state index contributed by atoms with van der Waals surface area (Å²) in [5.74, 6) is 1.33. The van der Waals surface area contributed by atoms with E-state index < -0.39 is 0 Å². The molecule has 7 heteroatoms. The molecule has 0 spiro atoms. The molecule has 142 valence electrons. The number of carbonyl (C=O) groups excluding carboxylic acids is 2. The minimum absolute atomic E-state index is 0.130. The zero-order valence-corrected chi connectivity index (χ0v) is 15.8. The first-order valence-electron chi connectivity index (χ1n) is 9.52. The predicted molar refractivity (Wildman–Crippen MR) is 102 cm³/mol. The molecule has 2 heterocycles. The molecule has 2 fully saturated rings. The van der Waals surface area contributed by atoms with Crippen molar-refractivity contribution < 1.29 is 9.59 Å². The molecule has 1 saturated carbocycles. The number of nitrogens with zero attached hydrogens (tertiary/aromatic N) is 4. The average molecular weight is 359 g/mol. The molecule has 0 radical (unpaired) electrons. The van der Waals surface area contributed by atoms with Gasteiger partial charge in [0.15, 0.2) is 0 Å². The van der Waals surface area contributed by atoms with Gasteiger partial charge in [-0.1, -0.05) is 19.3 Å². The minimum atomic E-state index is -0.130. The molecule has 3 amide bonds. The molecule has 26 heavy (non-hydrogen) atoms. The zero-order valence-electron chi connectivity index (χ0n) is 15.8. The minimum Gasteiger partial charge on any atom is -0.363 e. The Labute approximate surface area is 155 Å². The van der Waals surface area contributed by atoms with Crippen molar-refractivity contribution in [2.45, 2.75) is 32.1 Å². The molecule has 0 atom stereocenters. The lowest BCUT2D eigenvalue weighted by Gasteiger charge is -2.37. The van der Waals surface area contributed by atoms with Gasteiger partial charge in [-0.15, -0.1) is 0 Å². The second-order valence-corrected chi connectivity index (χ2v) is 7.38. The standard InChI is InChI=1S/C19H29N5O2/c1-22(2)17-9-8-16(14-20-17)21-19(26)24-12-10-23(11-13-24)18(25)15-6-4-3-5-7-15/h8-9,14-15H,3-7,10-13H2,1-2H3,(H,21,26). The van der Waals surface area contributed by atoms with Crippen molar-refractivity contribution in [2.24, 2.45) is 5.92 Å². The summed E-state index contributed by atoms with van der Waals surface area (Å²) in [5, 5.41) is 2.89. The number of pyridine rings is 1. The smallest absolute Gasteiger partial charge is 0.322 e. The number of nitrogens with one attached hydrogen (secondary N) is 1. The van der Waals surface area contributed by atoms with Crippen LogP contribution in [0.1, 0.15) is 32.1 Å². The van der Waals surface area contributed by atoms with E-state index in [2.05, 4.69) is 10.3 Å². The van der Waals surface area contributed by atoms with E-state index in [1.54, 1.807) is 11.1 Å². The number of rotatable bonds is 3. The quantitative estimate of drug-likeness (QED) is 0.900. The Morgan fingerprint density at radius 3 is 2.27 bits per heavy atom. The molecule has 1 aliphatic heterocycles. The van der Waals surface area contributed by atoms with Crippen LogP contribution >= 0.6 is 0 Å². The summed E-state index contributed by atoms with van der Waals surface area (Å²) < 4.78 is 0. The molecule has 3 rings (SSSR count). The van der Waals surface area contributed by atoms with Gasteiger partial charge in [-0.3, -0.25) is 4.79 Å². The van der Waals surface area contributed by atoms with Crippen LogP contribution in [0.4, 0.5) is 16.3 Å². The molecule has 1 aromatic heterocycles. The van der Waals surface area contributed by atoms with Crippen LogP contribution in [0, 0.1) is 5.92 Å². The first-order valence-corrected chi connectivity index (χ1v) is 9.52. The zero-order chi connectivity index (χ0) is 18.5. The normalized spacial score (nSPS) is 18.5. The van der Waals surface area contributed by atoms with Gasteiger partial charge in [0.25, 0.3) is 0 Å². The van der Waals surface area contributed by atoms with Crippen LogP contribution in [0.2, 0.25) is 0 Å². The Kier molecular flexibility index (Phi) is 5.96. The third kappa shape index (κ3) is 4.45. The van der Waals surface area contributed by atoms with Gasteiger partial charge >= 0.3 is 6.03 Å². The molecule has 0 aromatic carbocycles. The Morgan fingerprint density at radius 2 is 1.69 bits per heavy atom. The number of carbonyl (C=O) groups is 2. The van der Waals surface area contributed by atoms with Crippen LogP contribution in [0.15, 0.2) is 18.3 Å². The molecular formula is C19H29N5O2.